The van der Waals surface area contributed by atoms with E-state index in [2.05, 4.69) is 5.32 Å². The van der Waals surface area contributed by atoms with Crippen LogP contribution in [0.5, 0.6) is 0 Å². The number of aliphatic carboxylic acids is 1. The minimum atomic E-state index is -0.957. The van der Waals surface area contributed by atoms with E-state index in [0.29, 0.717) is 22.2 Å². The highest BCUT2D eigenvalue weighted by Gasteiger charge is 2.31. The third kappa shape index (κ3) is 6.94. The number of thiocarbonyl (C=S) groups is 1. The molecule has 0 unspecified atom stereocenters. The second-order valence-corrected chi connectivity index (χ2v) is 7.91. The van der Waals surface area contributed by atoms with Gasteiger partial charge in [-0.05, 0) is 30.6 Å². The van der Waals surface area contributed by atoms with Crippen molar-refractivity contribution < 1.29 is 19.5 Å². The molecule has 1 aromatic rings. The lowest BCUT2D eigenvalue weighted by molar-refractivity contribution is -0.137. The average molecular weight is 419 g/mol. The van der Waals surface area contributed by atoms with Gasteiger partial charge < -0.3 is 10.4 Å². The smallest absolute Gasteiger partial charge is 0.305 e. The van der Waals surface area contributed by atoms with Crippen LogP contribution in [0.3, 0.4) is 0 Å². The Morgan fingerprint density at radius 2 is 1.96 bits per heavy atom. The number of carboxylic acid groups (broad SMARTS) is 1. The fourth-order valence-electron chi connectivity index (χ4n) is 2.55. The molecule has 1 aromatic carbocycles. The Morgan fingerprint density at radius 3 is 2.64 bits per heavy atom. The fraction of sp³-hybridized carbons (Fsp3) is 0.300. The molecule has 0 atom stereocenters. The summed E-state index contributed by atoms with van der Waals surface area (Å²) in [6.45, 7) is 2.39. The molecule has 8 heteroatoms. The maximum atomic E-state index is 12.6. The Morgan fingerprint density at radius 1 is 1.25 bits per heavy atom. The summed E-state index contributed by atoms with van der Waals surface area (Å²) in [7, 11) is 0. The molecule has 6 nitrogen and oxygen atoms in total. The van der Waals surface area contributed by atoms with Gasteiger partial charge >= 0.3 is 5.97 Å². The summed E-state index contributed by atoms with van der Waals surface area (Å²) in [6, 6.07) is 9.84. The van der Waals surface area contributed by atoms with Gasteiger partial charge in [-0.15, -0.1) is 0 Å². The van der Waals surface area contributed by atoms with E-state index >= 15 is 0 Å². The number of nitrogens with zero attached hydrogens (tertiary/aromatic N) is 1. The standard InChI is InChI=1S/C20H22N2O4S2/c1-14(12-15-6-3-2-4-7-15)13-16-19(26)22(20(27)28-16)11-5-8-17(23)21-10-9-18(24)25/h2-4,6-7,12-13H,5,8-11H2,1H3,(H,21,23)(H,24,25)/b14-12+,16-13-. The van der Waals surface area contributed by atoms with E-state index in [1.807, 2.05) is 49.4 Å². The van der Waals surface area contributed by atoms with Crippen LogP contribution in [-0.2, 0) is 14.4 Å². The Hall–Kier alpha value is -2.45. The lowest BCUT2D eigenvalue weighted by Crippen LogP contribution is -2.31. The molecule has 2 N–H and O–H groups in total. The highest BCUT2D eigenvalue weighted by atomic mass is 32.2. The Labute approximate surface area is 173 Å². The van der Waals surface area contributed by atoms with E-state index in [0.717, 1.165) is 11.1 Å². The SMILES string of the molecule is CC(/C=C1\SC(=S)N(CCCC(=O)NCCC(=O)O)C1=O)=C\c1ccccc1. The van der Waals surface area contributed by atoms with Crippen LogP contribution in [0.2, 0.25) is 0 Å². The number of rotatable bonds is 9. The quantitative estimate of drug-likeness (QED) is 0.473. The summed E-state index contributed by atoms with van der Waals surface area (Å²) in [5, 5.41) is 11.1. The van der Waals surface area contributed by atoms with Gasteiger partial charge in [0.1, 0.15) is 4.32 Å². The molecule has 1 heterocycles. The largest absolute Gasteiger partial charge is 0.481 e. The number of carbonyl (C=O) groups excluding carboxylic acids is 2. The lowest BCUT2D eigenvalue weighted by atomic mass is 10.1. The highest BCUT2D eigenvalue weighted by molar-refractivity contribution is 8.26. The summed E-state index contributed by atoms with van der Waals surface area (Å²) < 4.78 is 0.482. The maximum absolute atomic E-state index is 12.6. The number of hydrogen-bond donors (Lipinski definition) is 2. The minimum Gasteiger partial charge on any atom is -0.481 e. The molecule has 1 saturated heterocycles. The van der Waals surface area contributed by atoms with Crippen molar-refractivity contribution in [2.75, 3.05) is 13.1 Å². The summed E-state index contributed by atoms with van der Waals surface area (Å²) in [5.41, 5.74) is 2.00. The van der Waals surface area contributed by atoms with Gasteiger partial charge in [0.15, 0.2) is 0 Å². The second kappa shape index (κ2) is 10.8. The van der Waals surface area contributed by atoms with Gasteiger partial charge in [0, 0.05) is 19.5 Å². The third-order valence-electron chi connectivity index (χ3n) is 3.87. The van der Waals surface area contributed by atoms with Crippen molar-refractivity contribution >= 4 is 52.2 Å². The van der Waals surface area contributed by atoms with Crippen molar-refractivity contribution in [2.24, 2.45) is 0 Å². The Kier molecular flexibility index (Phi) is 8.41. The van der Waals surface area contributed by atoms with Gasteiger partial charge in [-0.1, -0.05) is 60.4 Å². The van der Waals surface area contributed by atoms with Crippen molar-refractivity contribution in [3.8, 4) is 0 Å². The lowest BCUT2D eigenvalue weighted by Gasteiger charge is -2.14. The first-order valence-electron chi connectivity index (χ1n) is 8.84. The molecule has 0 aromatic heterocycles. The van der Waals surface area contributed by atoms with Crippen LogP contribution in [0.1, 0.15) is 31.7 Å². The van der Waals surface area contributed by atoms with E-state index in [4.69, 9.17) is 17.3 Å². The molecule has 148 valence electrons. The zero-order chi connectivity index (χ0) is 20.5. The molecule has 1 aliphatic heterocycles. The first-order valence-corrected chi connectivity index (χ1v) is 10.1. The van der Waals surface area contributed by atoms with Crippen LogP contribution in [-0.4, -0.2) is 45.2 Å². The predicted molar refractivity (Wildman–Crippen MR) is 115 cm³/mol. The molecule has 2 rings (SSSR count). The van der Waals surface area contributed by atoms with Crippen LogP contribution in [0.4, 0.5) is 0 Å². The van der Waals surface area contributed by atoms with Gasteiger partial charge in [0.05, 0.1) is 11.3 Å². The van der Waals surface area contributed by atoms with E-state index in [-0.39, 0.29) is 31.2 Å². The molecule has 0 saturated carbocycles. The van der Waals surface area contributed by atoms with Crippen LogP contribution < -0.4 is 5.32 Å². The predicted octanol–water partition coefficient (Wildman–Crippen LogP) is 3.21. The van der Waals surface area contributed by atoms with Crippen LogP contribution >= 0.6 is 24.0 Å². The van der Waals surface area contributed by atoms with Gasteiger partial charge in [0.25, 0.3) is 5.91 Å². The van der Waals surface area contributed by atoms with Gasteiger partial charge in [-0.3, -0.25) is 19.3 Å². The summed E-state index contributed by atoms with van der Waals surface area (Å²) in [6.07, 6.45) is 4.38. The molecule has 28 heavy (non-hydrogen) atoms. The van der Waals surface area contributed by atoms with Crippen LogP contribution in [0.25, 0.3) is 6.08 Å². The number of nitrogens with one attached hydrogen (secondary N) is 1. The third-order valence-corrected chi connectivity index (χ3v) is 5.25. The number of allylic oxidation sites excluding steroid dienone is 2. The van der Waals surface area contributed by atoms with Crippen molar-refractivity contribution in [2.45, 2.75) is 26.2 Å². The Balaban J connectivity index is 1.86. The van der Waals surface area contributed by atoms with Crippen molar-refractivity contribution in [1.29, 1.82) is 0 Å². The molecule has 0 spiro atoms. The molecule has 1 aliphatic rings. The number of amides is 2. The summed E-state index contributed by atoms with van der Waals surface area (Å²) >= 11 is 6.56. The number of benzene rings is 1. The van der Waals surface area contributed by atoms with E-state index in [9.17, 15) is 14.4 Å². The maximum Gasteiger partial charge on any atom is 0.305 e. The first kappa shape index (κ1) is 21.8. The van der Waals surface area contributed by atoms with E-state index < -0.39 is 5.97 Å². The second-order valence-electron chi connectivity index (χ2n) is 6.23. The molecule has 0 radical (unpaired) electrons. The van der Waals surface area contributed by atoms with Gasteiger partial charge in [0.2, 0.25) is 5.91 Å². The monoisotopic (exact) mass is 418 g/mol. The number of hydrogen-bond acceptors (Lipinski definition) is 5. The zero-order valence-corrected chi connectivity index (χ0v) is 17.1. The molecule has 0 aliphatic carbocycles. The van der Waals surface area contributed by atoms with Crippen LogP contribution in [0.15, 0.2) is 46.9 Å². The average Bonchev–Trinajstić information content (AvgIpc) is 2.89. The van der Waals surface area contributed by atoms with E-state index in [1.54, 1.807) is 0 Å². The molecule has 1 fully saturated rings. The zero-order valence-electron chi connectivity index (χ0n) is 15.5. The molecular weight excluding hydrogens is 396 g/mol. The highest BCUT2D eigenvalue weighted by Crippen LogP contribution is 2.32. The topological polar surface area (TPSA) is 86.7 Å². The first-order chi connectivity index (χ1) is 13.4. The number of thioether (sulfide) groups is 1. The summed E-state index contributed by atoms with van der Waals surface area (Å²) in [5.74, 6) is -1.34. The normalized spacial score (nSPS) is 16.0. The number of carboxylic acids is 1. The van der Waals surface area contributed by atoms with Crippen molar-refractivity contribution in [1.82, 2.24) is 10.2 Å². The van der Waals surface area contributed by atoms with Crippen molar-refractivity contribution in [3.05, 3.63) is 52.4 Å². The minimum absolute atomic E-state index is 0.102. The fourth-order valence-corrected chi connectivity index (χ4v) is 3.91. The van der Waals surface area contributed by atoms with Crippen molar-refractivity contribution in [3.63, 3.8) is 0 Å². The van der Waals surface area contributed by atoms with E-state index in [1.165, 1.54) is 16.7 Å². The van der Waals surface area contributed by atoms with Gasteiger partial charge in [-0.2, -0.15) is 0 Å². The summed E-state index contributed by atoms with van der Waals surface area (Å²) in [4.78, 5) is 36.8. The molecule has 0 bridgehead atoms. The van der Waals surface area contributed by atoms with Gasteiger partial charge in [-0.25, -0.2) is 0 Å². The number of carbonyl (C=O) groups is 3. The van der Waals surface area contributed by atoms with Crippen LogP contribution in [0, 0.1) is 0 Å². The molecular formula is C20H22N2O4S2. The molecule has 2 amide bonds. The Bertz CT molecular complexity index is 819.